The maximum atomic E-state index is 10.7. The SMILES string of the molecule is C[C@@H]1C[C@@]2(O[C@H]3C[C@@]4(C)[C@@H]5CC[C@H]6C(C)(C)[C@@H](O[C@@H]7OC[C@@H](O)[C@H](O)[C@H]7O)CC[C@@]67C[C@@]57C[C@@H](C)[C@]4(C)[C@@H]13)O[C@H](O)[C@@]1(C)O[C@@H]21. The molecule has 9 nitrogen and oxygen atoms in total. The third-order valence-electron chi connectivity index (χ3n) is 16.9. The number of rotatable bonds is 2. The average molecular weight is 633 g/mol. The van der Waals surface area contributed by atoms with Gasteiger partial charge in [0.05, 0.1) is 18.8 Å². The molecule has 19 atom stereocenters. The van der Waals surface area contributed by atoms with Gasteiger partial charge in [-0.2, -0.15) is 0 Å². The second-order valence-corrected chi connectivity index (χ2v) is 18.7. The molecule has 9 heteroatoms. The van der Waals surface area contributed by atoms with E-state index < -0.39 is 42.3 Å². The average Bonchev–Trinajstić information content (AvgIpc) is 3.80. The van der Waals surface area contributed by atoms with Crippen molar-refractivity contribution in [2.45, 2.75) is 160 Å². The molecule has 5 aliphatic carbocycles. The van der Waals surface area contributed by atoms with E-state index in [9.17, 15) is 20.4 Å². The first-order valence-corrected chi connectivity index (χ1v) is 18.0. The summed E-state index contributed by atoms with van der Waals surface area (Å²) in [6.07, 6.45) is 3.19. The van der Waals surface area contributed by atoms with Crippen molar-refractivity contribution in [2.75, 3.05) is 6.61 Å². The lowest BCUT2D eigenvalue weighted by atomic mass is 9.39. The molecule has 0 radical (unpaired) electrons. The molecule has 9 fully saturated rings. The highest BCUT2D eigenvalue weighted by Gasteiger charge is 2.85. The fourth-order valence-corrected chi connectivity index (χ4v) is 14.8. The minimum atomic E-state index is -1.26. The van der Waals surface area contributed by atoms with Crippen LogP contribution in [-0.2, 0) is 23.7 Å². The molecule has 4 N–H and O–H groups in total. The van der Waals surface area contributed by atoms with Crippen molar-refractivity contribution in [3.8, 4) is 0 Å². The molecule has 0 aromatic rings. The van der Waals surface area contributed by atoms with Crippen LogP contribution in [0.2, 0.25) is 0 Å². The molecule has 9 rings (SSSR count). The molecule has 9 aliphatic rings. The van der Waals surface area contributed by atoms with Gasteiger partial charge in [-0.1, -0.05) is 41.5 Å². The molecule has 0 bridgehead atoms. The van der Waals surface area contributed by atoms with Gasteiger partial charge in [0.1, 0.15) is 30.0 Å². The minimum absolute atomic E-state index is 0.0332. The van der Waals surface area contributed by atoms with E-state index in [0.717, 1.165) is 25.7 Å². The highest BCUT2D eigenvalue weighted by molar-refractivity contribution is 5.33. The van der Waals surface area contributed by atoms with E-state index in [4.69, 9.17) is 23.7 Å². The molecular formula is C36H56O9. The molecule has 3 spiro atoms. The third-order valence-corrected chi connectivity index (χ3v) is 16.9. The maximum absolute atomic E-state index is 10.7. The standard InChI is InChI=1S/C36H56O9/c1-17-12-36(28-33(7,44-28)29(40)45-36)43-20-14-31(5)22-9-8-21-30(3,4)23(42-27-26(39)25(38)19(37)15-41-27)10-11-34(21)16-35(22,34)13-18(2)32(31,6)24(17)20/h17-29,37-40H,8-16H2,1-7H3/t17-,18-,19-,20+,21+,22+,23+,24+,25+,26-,27+,28-,29+,31+,32-,33+,34-,35+,36-/m1/s1. The summed E-state index contributed by atoms with van der Waals surface area (Å²) in [5.74, 6) is 1.78. The number of epoxide rings is 1. The molecule has 0 amide bonds. The van der Waals surface area contributed by atoms with Crippen LogP contribution >= 0.6 is 0 Å². The van der Waals surface area contributed by atoms with Gasteiger partial charge in [-0.25, -0.2) is 0 Å². The topological polar surface area (TPSA) is 130 Å². The summed E-state index contributed by atoms with van der Waals surface area (Å²) < 4.78 is 31.5. The molecule has 4 heterocycles. The van der Waals surface area contributed by atoms with Crippen molar-refractivity contribution in [2.24, 2.45) is 56.7 Å². The summed E-state index contributed by atoms with van der Waals surface area (Å²) in [5, 5.41) is 41.6. The van der Waals surface area contributed by atoms with Crippen LogP contribution in [0.25, 0.3) is 0 Å². The minimum Gasteiger partial charge on any atom is -0.388 e. The van der Waals surface area contributed by atoms with E-state index >= 15 is 0 Å². The van der Waals surface area contributed by atoms with Crippen molar-refractivity contribution in [3.05, 3.63) is 0 Å². The molecule has 0 unspecified atom stereocenters. The Morgan fingerprint density at radius 3 is 2.20 bits per heavy atom. The van der Waals surface area contributed by atoms with Crippen molar-refractivity contribution in [3.63, 3.8) is 0 Å². The monoisotopic (exact) mass is 632 g/mol. The van der Waals surface area contributed by atoms with Crippen LogP contribution in [0.1, 0.15) is 99.8 Å². The van der Waals surface area contributed by atoms with Crippen LogP contribution < -0.4 is 0 Å². The smallest absolute Gasteiger partial charge is 0.201 e. The first kappa shape index (κ1) is 30.7. The fourth-order valence-electron chi connectivity index (χ4n) is 14.8. The van der Waals surface area contributed by atoms with E-state index in [2.05, 4.69) is 41.5 Å². The summed E-state index contributed by atoms with van der Waals surface area (Å²) in [6, 6.07) is 0. The van der Waals surface area contributed by atoms with Gasteiger partial charge < -0.3 is 44.1 Å². The molecule has 4 aliphatic heterocycles. The zero-order chi connectivity index (χ0) is 31.9. The lowest BCUT2D eigenvalue weighted by Gasteiger charge is -2.65. The summed E-state index contributed by atoms with van der Waals surface area (Å²) >= 11 is 0. The Morgan fingerprint density at radius 2 is 1.51 bits per heavy atom. The lowest BCUT2D eigenvalue weighted by molar-refractivity contribution is -0.345. The van der Waals surface area contributed by atoms with Gasteiger partial charge in [0.15, 0.2) is 12.6 Å². The number of hydrogen-bond acceptors (Lipinski definition) is 9. The van der Waals surface area contributed by atoms with Crippen molar-refractivity contribution in [1.29, 1.82) is 0 Å². The molecule has 5 saturated carbocycles. The van der Waals surface area contributed by atoms with Gasteiger partial charge in [0, 0.05) is 6.42 Å². The normalized spacial score (nSPS) is 66.9. The summed E-state index contributed by atoms with van der Waals surface area (Å²) in [6.45, 7) is 16.8. The van der Waals surface area contributed by atoms with Crippen molar-refractivity contribution < 1.29 is 44.1 Å². The molecule has 254 valence electrons. The Morgan fingerprint density at radius 1 is 0.778 bits per heavy atom. The quantitative estimate of drug-likeness (QED) is 0.266. The Hall–Kier alpha value is -0.360. The second-order valence-electron chi connectivity index (χ2n) is 18.7. The Kier molecular flexibility index (Phi) is 6.04. The molecule has 45 heavy (non-hydrogen) atoms. The van der Waals surface area contributed by atoms with E-state index in [0.29, 0.717) is 40.4 Å². The molecule has 0 aromatic carbocycles. The van der Waals surface area contributed by atoms with Crippen LogP contribution in [0.5, 0.6) is 0 Å². The van der Waals surface area contributed by atoms with Gasteiger partial charge in [0.25, 0.3) is 0 Å². The summed E-state index contributed by atoms with van der Waals surface area (Å²) in [4.78, 5) is 0. The van der Waals surface area contributed by atoms with E-state index in [-0.39, 0.29) is 41.2 Å². The van der Waals surface area contributed by atoms with Crippen molar-refractivity contribution in [1.82, 2.24) is 0 Å². The number of aliphatic hydroxyl groups excluding tert-OH is 4. The predicted molar refractivity (Wildman–Crippen MR) is 161 cm³/mol. The lowest BCUT2D eigenvalue weighted by Crippen LogP contribution is -2.61. The number of fused-ring (bicyclic) bond motifs is 6. The molecule has 0 aromatic heterocycles. The first-order valence-electron chi connectivity index (χ1n) is 18.0. The van der Waals surface area contributed by atoms with Gasteiger partial charge in [-0.05, 0) is 109 Å². The second kappa shape index (κ2) is 8.86. The summed E-state index contributed by atoms with van der Waals surface area (Å²) in [5.41, 5.74) is 0.203. The Labute approximate surface area is 267 Å². The van der Waals surface area contributed by atoms with E-state index in [1.165, 1.54) is 25.7 Å². The van der Waals surface area contributed by atoms with Gasteiger partial charge >= 0.3 is 0 Å². The highest BCUT2D eigenvalue weighted by atomic mass is 16.8. The largest absolute Gasteiger partial charge is 0.388 e. The van der Waals surface area contributed by atoms with E-state index in [1.54, 1.807) is 0 Å². The van der Waals surface area contributed by atoms with Crippen LogP contribution in [-0.4, -0.2) is 87.6 Å². The fraction of sp³-hybridized carbons (Fsp3) is 1.00. The van der Waals surface area contributed by atoms with Gasteiger partial charge in [-0.3, -0.25) is 0 Å². The Balaban J connectivity index is 0.995. The van der Waals surface area contributed by atoms with Crippen LogP contribution in [0.3, 0.4) is 0 Å². The van der Waals surface area contributed by atoms with Crippen LogP contribution in [0.15, 0.2) is 0 Å². The number of ether oxygens (including phenoxy) is 5. The molecule has 4 saturated heterocycles. The van der Waals surface area contributed by atoms with E-state index in [1.807, 2.05) is 6.92 Å². The highest BCUT2D eigenvalue weighted by Crippen LogP contribution is 2.90. The van der Waals surface area contributed by atoms with Crippen molar-refractivity contribution >= 4 is 0 Å². The van der Waals surface area contributed by atoms with Crippen LogP contribution in [0.4, 0.5) is 0 Å². The third kappa shape index (κ3) is 3.38. The van der Waals surface area contributed by atoms with Crippen LogP contribution in [0, 0.1) is 56.7 Å². The molecular weight excluding hydrogens is 576 g/mol. The number of hydrogen-bond donors (Lipinski definition) is 4. The zero-order valence-electron chi connectivity index (χ0n) is 28.2. The maximum Gasteiger partial charge on any atom is 0.201 e. The first-order chi connectivity index (χ1) is 21.0. The van der Waals surface area contributed by atoms with Gasteiger partial charge in [0.2, 0.25) is 5.79 Å². The van der Waals surface area contributed by atoms with Gasteiger partial charge in [-0.15, -0.1) is 0 Å². The predicted octanol–water partition coefficient (Wildman–Crippen LogP) is 3.73. The zero-order valence-corrected chi connectivity index (χ0v) is 28.2. The summed E-state index contributed by atoms with van der Waals surface area (Å²) in [7, 11) is 0. The Bertz CT molecular complexity index is 1280. The number of aliphatic hydroxyl groups is 4.